The molecular formula is C19H20N4O2. The Kier molecular flexibility index (Phi) is 4.61. The molecule has 1 N–H and O–H groups in total. The first-order valence-corrected chi connectivity index (χ1v) is 8.17. The average molecular weight is 336 g/mol. The lowest BCUT2D eigenvalue weighted by Crippen LogP contribution is -2.37. The highest BCUT2D eigenvalue weighted by atomic mass is 16.2. The maximum Gasteiger partial charge on any atom is 0.258 e. The van der Waals surface area contributed by atoms with E-state index in [2.05, 4.69) is 15.0 Å². The highest BCUT2D eigenvalue weighted by molar-refractivity contribution is 5.94. The second-order valence-corrected chi connectivity index (χ2v) is 6.24. The van der Waals surface area contributed by atoms with Gasteiger partial charge in [0.2, 0.25) is 0 Å². The minimum absolute atomic E-state index is 0.0504. The number of carbonyl (C=O) groups excluding carboxylic acids is 1. The van der Waals surface area contributed by atoms with Crippen LogP contribution in [0, 0.1) is 6.92 Å². The molecule has 0 unspecified atom stereocenters. The standard InChI is InChI=1S/C19H20N4O2/c1-12(2)23(19(25)14-9-8-13(3)20-10-14)11-17-21-16-7-5-4-6-15(16)18(24)22-17/h4-10,12H,11H2,1-3H3,(H,21,22,24). The van der Waals surface area contributed by atoms with Crippen LogP contribution in [-0.4, -0.2) is 31.8 Å². The van der Waals surface area contributed by atoms with Crippen LogP contribution in [0.25, 0.3) is 10.9 Å². The number of pyridine rings is 1. The number of hydrogen-bond acceptors (Lipinski definition) is 4. The van der Waals surface area contributed by atoms with E-state index < -0.39 is 0 Å². The number of aromatic nitrogens is 3. The topological polar surface area (TPSA) is 79.0 Å². The van der Waals surface area contributed by atoms with E-state index in [1.807, 2.05) is 32.9 Å². The molecule has 0 spiro atoms. The molecule has 0 aliphatic carbocycles. The van der Waals surface area contributed by atoms with Gasteiger partial charge in [0.1, 0.15) is 5.82 Å². The Hall–Kier alpha value is -3.02. The minimum atomic E-state index is -0.200. The normalized spacial score (nSPS) is 11.0. The molecule has 3 rings (SSSR count). The number of nitrogens with zero attached hydrogens (tertiary/aromatic N) is 3. The number of hydrogen-bond donors (Lipinski definition) is 1. The first-order valence-electron chi connectivity index (χ1n) is 8.17. The summed E-state index contributed by atoms with van der Waals surface area (Å²) in [6.07, 6.45) is 1.57. The van der Waals surface area contributed by atoms with E-state index in [9.17, 15) is 9.59 Å². The molecule has 6 nitrogen and oxygen atoms in total. The van der Waals surface area contributed by atoms with E-state index >= 15 is 0 Å². The Morgan fingerprint density at radius 1 is 1.20 bits per heavy atom. The predicted octanol–water partition coefficient (Wildman–Crippen LogP) is 2.68. The number of carbonyl (C=O) groups is 1. The first-order chi connectivity index (χ1) is 12.0. The van der Waals surface area contributed by atoms with E-state index in [-0.39, 0.29) is 24.1 Å². The van der Waals surface area contributed by atoms with Crippen LogP contribution in [0.2, 0.25) is 0 Å². The van der Waals surface area contributed by atoms with Crippen molar-refractivity contribution in [2.24, 2.45) is 0 Å². The molecule has 2 heterocycles. The summed E-state index contributed by atoms with van der Waals surface area (Å²) in [6, 6.07) is 10.7. The van der Waals surface area contributed by atoms with Gasteiger partial charge in [0.05, 0.1) is 23.0 Å². The molecule has 0 saturated carbocycles. The maximum atomic E-state index is 12.8. The molecule has 25 heavy (non-hydrogen) atoms. The van der Waals surface area contributed by atoms with Crippen LogP contribution in [0.3, 0.4) is 0 Å². The molecule has 2 aromatic heterocycles. The summed E-state index contributed by atoms with van der Waals surface area (Å²) in [7, 11) is 0. The number of nitrogens with one attached hydrogen (secondary N) is 1. The SMILES string of the molecule is Cc1ccc(C(=O)N(Cc2nc3ccccc3c(=O)[nH]2)C(C)C)cn1. The summed E-state index contributed by atoms with van der Waals surface area (Å²) < 4.78 is 0. The number of para-hydroxylation sites is 1. The monoisotopic (exact) mass is 336 g/mol. The van der Waals surface area contributed by atoms with Crippen LogP contribution in [0.4, 0.5) is 0 Å². The fraction of sp³-hybridized carbons (Fsp3) is 0.263. The van der Waals surface area contributed by atoms with Crippen molar-refractivity contribution in [2.75, 3.05) is 0 Å². The van der Waals surface area contributed by atoms with Crippen LogP contribution < -0.4 is 5.56 Å². The van der Waals surface area contributed by atoms with Gasteiger partial charge in [0, 0.05) is 17.9 Å². The first kappa shape index (κ1) is 16.8. The van der Waals surface area contributed by atoms with Crippen LogP contribution >= 0.6 is 0 Å². The second kappa shape index (κ2) is 6.84. The molecule has 3 aromatic rings. The number of amides is 1. The number of benzene rings is 1. The maximum absolute atomic E-state index is 12.8. The zero-order valence-corrected chi connectivity index (χ0v) is 14.5. The van der Waals surface area contributed by atoms with Crippen molar-refractivity contribution in [2.45, 2.75) is 33.4 Å². The molecule has 6 heteroatoms. The van der Waals surface area contributed by atoms with Gasteiger partial charge in [0.15, 0.2) is 0 Å². The van der Waals surface area contributed by atoms with E-state index in [0.717, 1.165) is 5.69 Å². The van der Waals surface area contributed by atoms with E-state index in [4.69, 9.17) is 0 Å². The van der Waals surface area contributed by atoms with E-state index in [1.54, 1.807) is 35.4 Å². The zero-order chi connectivity index (χ0) is 18.0. The van der Waals surface area contributed by atoms with Gasteiger partial charge in [-0.3, -0.25) is 14.6 Å². The summed E-state index contributed by atoms with van der Waals surface area (Å²) in [5.74, 6) is 0.323. The second-order valence-electron chi connectivity index (χ2n) is 6.24. The summed E-state index contributed by atoms with van der Waals surface area (Å²) in [4.78, 5) is 38.1. The van der Waals surface area contributed by atoms with Crippen molar-refractivity contribution >= 4 is 16.8 Å². The van der Waals surface area contributed by atoms with Gasteiger partial charge in [-0.25, -0.2) is 4.98 Å². The van der Waals surface area contributed by atoms with Crippen molar-refractivity contribution in [1.82, 2.24) is 19.9 Å². The van der Waals surface area contributed by atoms with Crippen molar-refractivity contribution in [3.05, 3.63) is 70.0 Å². The van der Waals surface area contributed by atoms with Crippen molar-refractivity contribution in [1.29, 1.82) is 0 Å². The van der Waals surface area contributed by atoms with Crippen molar-refractivity contribution in [3.8, 4) is 0 Å². The quantitative estimate of drug-likeness (QED) is 0.794. The highest BCUT2D eigenvalue weighted by Crippen LogP contribution is 2.13. The minimum Gasteiger partial charge on any atom is -0.329 e. The van der Waals surface area contributed by atoms with Crippen molar-refractivity contribution < 1.29 is 4.79 Å². The Morgan fingerprint density at radius 3 is 2.64 bits per heavy atom. The number of aryl methyl sites for hydroxylation is 1. The summed E-state index contributed by atoms with van der Waals surface area (Å²) in [5, 5.41) is 0.538. The van der Waals surface area contributed by atoms with Crippen LogP contribution in [-0.2, 0) is 6.54 Å². The van der Waals surface area contributed by atoms with Gasteiger partial charge in [-0.05, 0) is 45.0 Å². The van der Waals surface area contributed by atoms with Gasteiger partial charge in [-0.1, -0.05) is 12.1 Å². The van der Waals surface area contributed by atoms with Gasteiger partial charge in [-0.2, -0.15) is 0 Å². The third kappa shape index (κ3) is 3.57. The Bertz CT molecular complexity index is 961. The highest BCUT2D eigenvalue weighted by Gasteiger charge is 2.20. The third-order valence-electron chi connectivity index (χ3n) is 4.02. The van der Waals surface area contributed by atoms with Crippen LogP contribution in [0.15, 0.2) is 47.4 Å². The molecule has 128 valence electrons. The van der Waals surface area contributed by atoms with Gasteiger partial charge >= 0.3 is 0 Å². The van der Waals surface area contributed by atoms with Crippen LogP contribution in [0.5, 0.6) is 0 Å². The average Bonchev–Trinajstić information content (AvgIpc) is 2.59. The molecule has 0 atom stereocenters. The molecule has 0 aliphatic heterocycles. The van der Waals surface area contributed by atoms with Gasteiger partial charge in [-0.15, -0.1) is 0 Å². The van der Waals surface area contributed by atoms with Gasteiger partial charge in [0.25, 0.3) is 11.5 Å². The lowest BCUT2D eigenvalue weighted by Gasteiger charge is -2.26. The van der Waals surface area contributed by atoms with Gasteiger partial charge < -0.3 is 9.88 Å². The summed E-state index contributed by atoms with van der Waals surface area (Å²) in [6.45, 7) is 5.96. The molecular weight excluding hydrogens is 316 g/mol. The number of fused-ring (bicyclic) bond motifs is 1. The number of H-pyrrole nitrogens is 1. The third-order valence-corrected chi connectivity index (χ3v) is 4.02. The zero-order valence-electron chi connectivity index (χ0n) is 14.5. The molecule has 0 fully saturated rings. The Morgan fingerprint density at radius 2 is 1.96 bits per heavy atom. The predicted molar refractivity (Wildman–Crippen MR) is 96.3 cm³/mol. The molecule has 0 aliphatic rings. The largest absolute Gasteiger partial charge is 0.329 e. The molecule has 1 aromatic carbocycles. The summed E-state index contributed by atoms with van der Waals surface area (Å²) >= 11 is 0. The molecule has 0 bridgehead atoms. The van der Waals surface area contributed by atoms with E-state index in [0.29, 0.717) is 22.3 Å². The Balaban J connectivity index is 1.93. The number of rotatable bonds is 4. The fourth-order valence-corrected chi connectivity index (χ4v) is 2.62. The van der Waals surface area contributed by atoms with E-state index in [1.165, 1.54) is 0 Å². The lowest BCUT2D eigenvalue weighted by atomic mass is 10.2. The number of aromatic amines is 1. The molecule has 0 saturated heterocycles. The van der Waals surface area contributed by atoms with Crippen LogP contribution in [0.1, 0.15) is 35.7 Å². The van der Waals surface area contributed by atoms with Crippen molar-refractivity contribution in [3.63, 3.8) is 0 Å². The Labute approximate surface area is 145 Å². The molecule has 0 radical (unpaired) electrons. The summed E-state index contributed by atoms with van der Waals surface area (Å²) in [5.41, 5.74) is 1.79. The smallest absolute Gasteiger partial charge is 0.258 e. The fourth-order valence-electron chi connectivity index (χ4n) is 2.62. The molecule has 1 amide bonds. The lowest BCUT2D eigenvalue weighted by molar-refractivity contribution is 0.0684.